The number of anilines is 2. The first-order valence-electron chi connectivity index (χ1n) is 10.0. The van der Waals surface area contributed by atoms with E-state index in [1.165, 1.54) is 0 Å². The molecule has 0 radical (unpaired) electrons. The van der Waals surface area contributed by atoms with Crippen LogP contribution in [0.2, 0.25) is 0 Å². The number of benzene rings is 4. The molecule has 0 spiro atoms. The molecule has 4 nitrogen and oxygen atoms in total. The highest BCUT2D eigenvalue weighted by molar-refractivity contribution is 6.15. The number of amides is 1. The standard InChI is InChI=1S/C26H21NO3/c28-26(20-10-6-13-22(16-20)29-17-23-18-30-23)27(21-11-2-1-3-12-21)25-15-7-9-19-8-4-5-14-24(19)25/h1-16,23H,17-18H2. The van der Waals surface area contributed by atoms with Crippen LogP contribution < -0.4 is 9.64 Å². The van der Waals surface area contributed by atoms with Crippen molar-refractivity contribution in [3.63, 3.8) is 0 Å². The van der Waals surface area contributed by atoms with Gasteiger partial charge >= 0.3 is 0 Å². The van der Waals surface area contributed by atoms with Gasteiger partial charge in [-0.25, -0.2) is 0 Å². The van der Waals surface area contributed by atoms with Crippen molar-refractivity contribution in [3.05, 3.63) is 103 Å². The fourth-order valence-corrected chi connectivity index (χ4v) is 3.55. The maximum Gasteiger partial charge on any atom is 0.262 e. The smallest absolute Gasteiger partial charge is 0.262 e. The lowest BCUT2D eigenvalue weighted by molar-refractivity contribution is 0.0999. The molecule has 1 saturated heterocycles. The van der Waals surface area contributed by atoms with Crippen LogP contribution in [0.5, 0.6) is 5.75 Å². The quantitative estimate of drug-likeness (QED) is 0.399. The summed E-state index contributed by atoms with van der Waals surface area (Å²) in [5, 5.41) is 2.11. The second-order valence-corrected chi connectivity index (χ2v) is 7.27. The van der Waals surface area contributed by atoms with E-state index in [0.29, 0.717) is 17.9 Å². The lowest BCUT2D eigenvalue weighted by atomic mass is 10.1. The number of hydrogen-bond donors (Lipinski definition) is 0. The Bertz CT molecular complexity index is 1180. The zero-order chi connectivity index (χ0) is 20.3. The van der Waals surface area contributed by atoms with Crippen molar-refractivity contribution >= 4 is 28.1 Å². The van der Waals surface area contributed by atoms with Gasteiger partial charge in [-0.2, -0.15) is 0 Å². The van der Waals surface area contributed by atoms with Crippen molar-refractivity contribution in [2.75, 3.05) is 18.1 Å². The molecule has 0 aliphatic carbocycles. The number of hydrogen-bond acceptors (Lipinski definition) is 3. The predicted octanol–water partition coefficient (Wildman–Crippen LogP) is 5.60. The van der Waals surface area contributed by atoms with Crippen LogP contribution in [0.3, 0.4) is 0 Å². The van der Waals surface area contributed by atoms with E-state index in [1.807, 2.05) is 78.9 Å². The Morgan fingerprint density at radius 1 is 0.900 bits per heavy atom. The van der Waals surface area contributed by atoms with Gasteiger partial charge < -0.3 is 9.47 Å². The maximum absolute atomic E-state index is 13.7. The van der Waals surface area contributed by atoms with E-state index >= 15 is 0 Å². The molecule has 1 atom stereocenters. The van der Waals surface area contributed by atoms with Crippen molar-refractivity contribution < 1.29 is 14.3 Å². The first-order chi connectivity index (χ1) is 14.8. The summed E-state index contributed by atoms with van der Waals surface area (Å²) in [6.07, 6.45) is 0.167. The highest BCUT2D eigenvalue weighted by Gasteiger charge is 2.24. The predicted molar refractivity (Wildman–Crippen MR) is 119 cm³/mol. The summed E-state index contributed by atoms with van der Waals surface area (Å²) in [6, 6.07) is 31.2. The normalized spacial score (nSPS) is 15.0. The highest BCUT2D eigenvalue weighted by atomic mass is 16.6. The zero-order valence-corrected chi connectivity index (χ0v) is 16.4. The minimum Gasteiger partial charge on any atom is -0.491 e. The molecule has 0 saturated carbocycles. The summed E-state index contributed by atoms with van der Waals surface area (Å²) in [6.45, 7) is 1.24. The summed E-state index contributed by atoms with van der Waals surface area (Å²) >= 11 is 0. The van der Waals surface area contributed by atoms with E-state index in [1.54, 1.807) is 11.0 Å². The third-order valence-corrected chi connectivity index (χ3v) is 5.14. The van der Waals surface area contributed by atoms with Gasteiger partial charge in [0.1, 0.15) is 18.5 Å². The first-order valence-corrected chi connectivity index (χ1v) is 10.0. The fourth-order valence-electron chi connectivity index (χ4n) is 3.55. The third kappa shape index (κ3) is 3.78. The summed E-state index contributed by atoms with van der Waals surface area (Å²) < 4.78 is 11.0. The molecule has 5 rings (SSSR count). The number of carbonyl (C=O) groups is 1. The number of fused-ring (bicyclic) bond motifs is 1. The number of rotatable bonds is 6. The lowest BCUT2D eigenvalue weighted by Crippen LogP contribution is -2.26. The number of ether oxygens (including phenoxy) is 2. The van der Waals surface area contributed by atoms with Gasteiger partial charge in [-0.3, -0.25) is 9.69 Å². The van der Waals surface area contributed by atoms with Crippen LogP contribution in [-0.2, 0) is 4.74 Å². The number of epoxide rings is 1. The van der Waals surface area contributed by atoms with Crippen LogP contribution in [0, 0.1) is 0 Å². The van der Waals surface area contributed by atoms with Crippen molar-refractivity contribution in [2.24, 2.45) is 0 Å². The van der Waals surface area contributed by atoms with Crippen LogP contribution in [-0.4, -0.2) is 25.2 Å². The molecule has 0 aromatic heterocycles. The van der Waals surface area contributed by atoms with Gasteiger partial charge in [0.15, 0.2) is 0 Å². The van der Waals surface area contributed by atoms with Crippen molar-refractivity contribution in [3.8, 4) is 5.75 Å². The monoisotopic (exact) mass is 395 g/mol. The Morgan fingerprint density at radius 2 is 1.63 bits per heavy atom. The molecule has 4 heteroatoms. The third-order valence-electron chi connectivity index (χ3n) is 5.14. The van der Waals surface area contributed by atoms with Gasteiger partial charge in [0.25, 0.3) is 5.91 Å². The maximum atomic E-state index is 13.7. The molecule has 1 aliphatic heterocycles. The average Bonchev–Trinajstić information content (AvgIpc) is 3.64. The van der Waals surface area contributed by atoms with E-state index in [9.17, 15) is 4.79 Å². The Balaban J connectivity index is 1.57. The minimum atomic E-state index is -0.106. The molecule has 30 heavy (non-hydrogen) atoms. The Labute approximate surface area is 175 Å². The van der Waals surface area contributed by atoms with Crippen molar-refractivity contribution in [1.29, 1.82) is 0 Å². The molecule has 4 aromatic carbocycles. The minimum absolute atomic E-state index is 0.106. The molecular weight excluding hydrogens is 374 g/mol. The van der Waals surface area contributed by atoms with Gasteiger partial charge in [0.05, 0.1) is 12.3 Å². The van der Waals surface area contributed by atoms with Crippen LogP contribution in [0.1, 0.15) is 10.4 Å². The Hall–Kier alpha value is -3.63. The molecule has 0 N–H and O–H groups in total. The van der Waals surface area contributed by atoms with E-state index in [4.69, 9.17) is 9.47 Å². The van der Waals surface area contributed by atoms with E-state index in [0.717, 1.165) is 28.8 Å². The van der Waals surface area contributed by atoms with Gasteiger partial charge in [-0.1, -0.05) is 60.7 Å². The molecule has 148 valence electrons. The van der Waals surface area contributed by atoms with Gasteiger partial charge in [-0.05, 0) is 41.8 Å². The average molecular weight is 395 g/mol. The largest absolute Gasteiger partial charge is 0.491 e. The number of nitrogens with zero attached hydrogens (tertiary/aromatic N) is 1. The summed E-state index contributed by atoms with van der Waals surface area (Å²) in [7, 11) is 0. The van der Waals surface area contributed by atoms with E-state index < -0.39 is 0 Å². The highest BCUT2D eigenvalue weighted by Crippen LogP contribution is 2.34. The van der Waals surface area contributed by atoms with Crippen LogP contribution >= 0.6 is 0 Å². The Kier molecular flexibility index (Phi) is 4.91. The lowest BCUT2D eigenvalue weighted by Gasteiger charge is -2.25. The van der Waals surface area contributed by atoms with Crippen LogP contribution in [0.25, 0.3) is 10.8 Å². The van der Waals surface area contributed by atoms with Crippen LogP contribution in [0.15, 0.2) is 97.1 Å². The van der Waals surface area contributed by atoms with E-state index in [2.05, 4.69) is 12.1 Å². The second-order valence-electron chi connectivity index (χ2n) is 7.27. The van der Waals surface area contributed by atoms with E-state index in [-0.39, 0.29) is 12.0 Å². The summed E-state index contributed by atoms with van der Waals surface area (Å²) in [5.74, 6) is 0.563. The first kappa shape index (κ1) is 18.4. The molecular formula is C26H21NO3. The number of para-hydroxylation sites is 1. The molecule has 1 fully saturated rings. The molecule has 1 amide bonds. The molecule has 4 aromatic rings. The van der Waals surface area contributed by atoms with Gasteiger partial charge in [-0.15, -0.1) is 0 Å². The number of carbonyl (C=O) groups excluding carboxylic acids is 1. The molecule has 1 aliphatic rings. The van der Waals surface area contributed by atoms with Crippen molar-refractivity contribution in [1.82, 2.24) is 0 Å². The summed E-state index contributed by atoms with van der Waals surface area (Å²) in [5.41, 5.74) is 2.24. The van der Waals surface area contributed by atoms with Gasteiger partial charge in [0, 0.05) is 16.6 Å². The Morgan fingerprint density at radius 3 is 2.47 bits per heavy atom. The fraction of sp³-hybridized carbons (Fsp3) is 0.115. The second kappa shape index (κ2) is 8.01. The molecule has 1 heterocycles. The van der Waals surface area contributed by atoms with Crippen LogP contribution in [0.4, 0.5) is 11.4 Å². The molecule has 0 bridgehead atoms. The molecule has 1 unspecified atom stereocenters. The SMILES string of the molecule is O=C(c1cccc(OCC2CO2)c1)N(c1ccccc1)c1cccc2ccccc12. The topological polar surface area (TPSA) is 42.1 Å². The van der Waals surface area contributed by atoms with Crippen molar-refractivity contribution in [2.45, 2.75) is 6.10 Å². The summed E-state index contributed by atoms with van der Waals surface area (Å²) in [4.78, 5) is 15.5. The zero-order valence-electron chi connectivity index (χ0n) is 16.4. The van der Waals surface area contributed by atoms with Gasteiger partial charge in [0.2, 0.25) is 0 Å².